The number of hydrogen-bond donors (Lipinski definition) is 5. The van der Waals surface area contributed by atoms with Crippen LogP contribution in [0, 0.1) is 0 Å². The Balaban J connectivity index is 1.67. The molecule has 5 rings (SSSR count). The van der Waals surface area contributed by atoms with Gasteiger partial charge in [-0.3, -0.25) is 0 Å². The summed E-state index contributed by atoms with van der Waals surface area (Å²) >= 11 is 0.384. The molecule has 2 aromatic carbocycles. The molecule has 39 heavy (non-hydrogen) atoms. The van der Waals surface area contributed by atoms with Crippen molar-refractivity contribution in [3.05, 3.63) is 51.6 Å². The topological polar surface area (TPSA) is 172 Å². The zero-order valence-corrected chi connectivity index (χ0v) is 26.0. The van der Waals surface area contributed by atoms with E-state index in [0.29, 0.717) is 26.1 Å². The second-order valence-corrected chi connectivity index (χ2v) is 11.5. The van der Waals surface area contributed by atoms with Crippen molar-refractivity contribution in [1.82, 2.24) is 3.13 Å². The van der Waals surface area contributed by atoms with Gasteiger partial charge in [0.1, 0.15) is 0 Å². The first-order valence-electron chi connectivity index (χ1n) is 12.5. The number of aliphatic hydroxyl groups excluding tert-OH is 1. The monoisotopic (exact) mass is 735 g/mol. The number of carbonyl (C=O) groups excluding carboxylic acids is 3. The number of aliphatic hydroxyl groups is 2. The number of Topliss-reactive ketones (excluding diaryl/α,β-unsaturated/α-hetero) is 1. The van der Waals surface area contributed by atoms with Gasteiger partial charge in [-0.15, -0.1) is 0 Å². The molecule has 6 atom stereocenters. The Morgan fingerprint density at radius 2 is 1.85 bits per heavy atom. The summed E-state index contributed by atoms with van der Waals surface area (Å²) in [6.07, 6.45) is -3.90. The van der Waals surface area contributed by atoms with E-state index in [1.807, 2.05) is 0 Å². The van der Waals surface area contributed by atoms with Gasteiger partial charge in [-0.2, -0.15) is 0 Å². The number of ether oxygens (including phenoxy) is 3. The van der Waals surface area contributed by atoms with Crippen molar-refractivity contribution < 1.29 is 49.0 Å². The minimum atomic E-state index is -1.98. The van der Waals surface area contributed by atoms with Crippen LogP contribution in [0.3, 0.4) is 0 Å². The molecule has 2 radical (unpaired) electrons. The Kier molecular flexibility index (Phi) is 7.35. The SMILES string of the molecule is COc1cccc2c1C(=O)c1c(O)c3c(c(O)c1C2=O)C[C@@](O)(C(C)=O)C[C@@H]3OC1CC([NH][PbH])C(O)C(C)O1. The molecular formula is C27H29NO10Pb. The Hall–Kier alpha value is -2.43. The summed E-state index contributed by atoms with van der Waals surface area (Å²) in [5.74, 6) is -3.06. The van der Waals surface area contributed by atoms with Gasteiger partial charge in [-0.25, -0.2) is 0 Å². The third-order valence-corrected chi connectivity index (χ3v) is 9.63. The molecule has 1 aliphatic heterocycles. The van der Waals surface area contributed by atoms with Gasteiger partial charge in [0.2, 0.25) is 0 Å². The van der Waals surface area contributed by atoms with E-state index in [1.54, 1.807) is 6.92 Å². The molecule has 0 aromatic heterocycles. The van der Waals surface area contributed by atoms with Crippen LogP contribution in [0.4, 0.5) is 0 Å². The number of rotatable bonds is 5. The molecule has 1 heterocycles. The number of fused-ring (bicyclic) bond motifs is 3. The van der Waals surface area contributed by atoms with Crippen molar-refractivity contribution in [3.8, 4) is 17.2 Å². The number of hydrogen-bond acceptors (Lipinski definition) is 11. The molecule has 2 aliphatic carbocycles. The molecule has 0 bridgehead atoms. The second kappa shape index (κ2) is 10.2. The molecule has 12 heteroatoms. The molecular weight excluding hydrogens is 705 g/mol. The standard InChI is InChI=1S/C27H28NO10.Pb.H/c1-10-22(30)14(28)7-17(37-10)38-16-9-27(35,11(2)29)8-13-19(16)26(34)21-20(24(13)32)23(31)12-5-4-6-15(36-3)18(12)25(21)33;;/h4-6,10,14,16-17,22,28,30,32,34-35H,7-9H2,1-3H3;;/q-1;+1;/t10?,14?,16-,17?,22?,27-;;/m0../s1. The van der Waals surface area contributed by atoms with Gasteiger partial charge in [0.05, 0.1) is 7.11 Å². The number of phenolic OH excluding ortho intramolecular Hbond substituents is 2. The Morgan fingerprint density at radius 3 is 2.49 bits per heavy atom. The Bertz CT molecular complexity index is 1390. The van der Waals surface area contributed by atoms with E-state index >= 15 is 0 Å². The quantitative estimate of drug-likeness (QED) is 0.183. The number of phenols is 2. The van der Waals surface area contributed by atoms with Crippen LogP contribution in [0.15, 0.2) is 18.2 Å². The van der Waals surface area contributed by atoms with Gasteiger partial charge < -0.3 is 4.74 Å². The average molecular weight is 735 g/mol. The van der Waals surface area contributed by atoms with Crippen LogP contribution in [-0.2, 0) is 20.7 Å². The fraction of sp³-hybridized carbons (Fsp3) is 0.444. The van der Waals surface area contributed by atoms with E-state index in [-0.39, 0.29) is 46.9 Å². The molecule has 0 spiro atoms. The summed E-state index contributed by atoms with van der Waals surface area (Å²) in [7, 11) is 1.35. The van der Waals surface area contributed by atoms with Crippen LogP contribution in [0.1, 0.15) is 75.8 Å². The van der Waals surface area contributed by atoms with E-state index in [0.717, 1.165) is 0 Å². The Morgan fingerprint density at radius 1 is 1.15 bits per heavy atom. The molecule has 3 aliphatic rings. The van der Waals surface area contributed by atoms with Crippen LogP contribution in [0.5, 0.6) is 17.2 Å². The molecule has 206 valence electrons. The van der Waals surface area contributed by atoms with Crippen molar-refractivity contribution in [2.24, 2.45) is 0 Å². The predicted molar refractivity (Wildman–Crippen MR) is 136 cm³/mol. The van der Waals surface area contributed by atoms with Crippen molar-refractivity contribution in [2.45, 2.75) is 69.4 Å². The van der Waals surface area contributed by atoms with Crippen molar-refractivity contribution in [3.63, 3.8) is 0 Å². The molecule has 1 fully saturated rings. The molecule has 5 N–H and O–H groups in total. The zero-order valence-electron chi connectivity index (χ0n) is 21.6. The van der Waals surface area contributed by atoms with Crippen molar-refractivity contribution >= 4 is 43.4 Å². The van der Waals surface area contributed by atoms with Gasteiger partial charge >= 0.3 is 211 Å². The molecule has 0 amide bonds. The van der Waals surface area contributed by atoms with Crippen LogP contribution in [0.25, 0.3) is 0 Å². The summed E-state index contributed by atoms with van der Waals surface area (Å²) in [4.78, 5) is 39.7. The van der Waals surface area contributed by atoms with Crippen molar-refractivity contribution in [2.75, 3.05) is 7.11 Å². The van der Waals surface area contributed by atoms with Gasteiger partial charge in [-0.1, -0.05) is 12.1 Å². The third-order valence-electron chi connectivity index (χ3n) is 7.97. The fourth-order valence-electron chi connectivity index (χ4n) is 5.79. The zero-order chi connectivity index (χ0) is 28.4. The first-order chi connectivity index (χ1) is 18.4. The molecule has 11 nitrogen and oxygen atoms in total. The number of ketones is 3. The third kappa shape index (κ3) is 4.39. The summed E-state index contributed by atoms with van der Waals surface area (Å²) in [5.41, 5.74) is -2.89. The predicted octanol–water partition coefficient (Wildman–Crippen LogP) is 0.476. The van der Waals surface area contributed by atoms with E-state index in [4.69, 9.17) is 14.2 Å². The van der Waals surface area contributed by atoms with E-state index < -0.39 is 76.6 Å². The van der Waals surface area contributed by atoms with Gasteiger partial charge in [0, 0.05) is 0 Å². The number of benzene rings is 2. The summed E-state index contributed by atoms with van der Waals surface area (Å²) in [5, 5.41) is 44.6. The molecule has 2 aromatic rings. The van der Waals surface area contributed by atoms with Gasteiger partial charge in [0.15, 0.2) is 0 Å². The summed E-state index contributed by atoms with van der Waals surface area (Å²) in [6.45, 7) is 2.89. The van der Waals surface area contributed by atoms with E-state index in [1.165, 1.54) is 32.2 Å². The maximum absolute atomic E-state index is 13.7. The molecule has 1 saturated heterocycles. The fourth-order valence-corrected chi connectivity index (χ4v) is 7.09. The second-order valence-electron chi connectivity index (χ2n) is 10.2. The minimum absolute atomic E-state index is 0.00235. The maximum atomic E-state index is 13.7. The average Bonchev–Trinajstić information content (AvgIpc) is 2.90. The Labute approximate surface area is 240 Å². The first-order valence-corrected chi connectivity index (χ1v) is 14.7. The number of aromatic hydroxyl groups is 2. The van der Waals surface area contributed by atoms with Gasteiger partial charge in [-0.05, 0) is 6.07 Å². The summed E-state index contributed by atoms with van der Waals surface area (Å²) < 4.78 is 20.5. The number of methoxy groups -OCH3 is 1. The molecule has 4 unspecified atom stereocenters. The van der Waals surface area contributed by atoms with Crippen LogP contribution < -0.4 is 7.86 Å². The number of carbonyl (C=O) groups is 3. The van der Waals surface area contributed by atoms with Crippen LogP contribution >= 0.6 is 0 Å². The normalized spacial score (nSPS) is 29.8. The number of nitrogens with one attached hydrogen (secondary N) is 1. The van der Waals surface area contributed by atoms with Crippen LogP contribution in [-0.4, -0.2) is 101 Å². The van der Waals surface area contributed by atoms with Gasteiger partial charge in [0.25, 0.3) is 0 Å². The van der Waals surface area contributed by atoms with Crippen molar-refractivity contribution in [1.29, 1.82) is 0 Å². The summed E-state index contributed by atoms with van der Waals surface area (Å²) in [6, 6.07) is 4.16. The van der Waals surface area contributed by atoms with Crippen LogP contribution in [0.2, 0.25) is 0 Å². The van der Waals surface area contributed by atoms with E-state index in [2.05, 4.69) is 3.13 Å². The first kappa shape index (κ1) is 28.1. The molecule has 0 saturated carbocycles. The van der Waals surface area contributed by atoms with E-state index in [9.17, 15) is 34.8 Å².